The molecule has 2 rings (SSSR count). The second kappa shape index (κ2) is 4.06. The lowest BCUT2D eigenvalue weighted by Gasteiger charge is -2.33. The van der Waals surface area contributed by atoms with Crippen LogP contribution in [0, 0.1) is 5.92 Å². The SMILES string of the molecule is CC(C)CN1C[N+]2(CCCC2)C(C)C1C. The van der Waals surface area contributed by atoms with E-state index in [4.69, 9.17) is 0 Å². The number of hydrogen-bond acceptors (Lipinski definition) is 1. The Hall–Kier alpha value is -0.0800. The van der Waals surface area contributed by atoms with Crippen LogP contribution in [0.15, 0.2) is 0 Å². The minimum absolute atomic E-state index is 0.783. The van der Waals surface area contributed by atoms with E-state index >= 15 is 0 Å². The molecule has 0 aromatic carbocycles. The zero-order valence-corrected chi connectivity index (χ0v) is 10.9. The summed E-state index contributed by atoms with van der Waals surface area (Å²) in [5.74, 6) is 0.806. The maximum Gasteiger partial charge on any atom is 0.135 e. The Morgan fingerprint density at radius 3 is 2.33 bits per heavy atom. The fourth-order valence-electron chi connectivity index (χ4n) is 3.59. The molecule has 1 spiro atoms. The fourth-order valence-corrected chi connectivity index (χ4v) is 3.59. The van der Waals surface area contributed by atoms with Gasteiger partial charge in [0, 0.05) is 19.4 Å². The summed E-state index contributed by atoms with van der Waals surface area (Å²) in [6.07, 6.45) is 2.90. The Bertz CT molecular complexity index is 219. The summed E-state index contributed by atoms with van der Waals surface area (Å²) >= 11 is 0. The summed E-state index contributed by atoms with van der Waals surface area (Å²) in [6, 6.07) is 1.64. The Labute approximate surface area is 94.8 Å². The highest BCUT2D eigenvalue weighted by molar-refractivity contribution is 4.81. The van der Waals surface area contributed by atoms with E-state index in [-0.39, 0.29) is 0 Å². The number of hydrogen-bond donors (Lipinski definition) is 0. The molecule has 2 nitrogen and oxygen atoms in total. The molecule has 2 aliphatic heterocycles. The summed E-state index contributed by atoms with van der Waals surface area (Å²) in [5, 5.41) is 0. The van der Waals surface area contributed by atoms with Crippen LogP contribution in [0.25, 0.3) is 0 Å². The molecule has 0 radical (unpaired) electrons. The predicted molar refractivity (Wildman–Crippen MR) is 64.6 cm³/mol. The van der Waals surface area contributed by atoms with Crippen molar-refractivity contribution in [2.75, 3.05) is 26.3 Å². The lowest BCUT2D eigenvalue weighted by molar-refractivity contribution is -0.930. The van der Waals surface area contributed by atoms with Gasteiger partial charge in [0.1, 0.15) is 12.7 Å². The average Bonchev–Trinajstić information content (AvgIpc) is 2.70. The van der Waals surface area contributed by atoms with E-state index in [2.05, 4.69) is 32.6 Å². The molecule has 0 bridgehead atoms. The quantitative estimate of drug-likeness (QED) is 0.634. The second-order valence-electron chi connectivity index (χ2n) is 6.16. The monoisotopic (exact) mass is 211 g/mol. The van der Waals surface area contributed by atoms with Gasteiger partial charge < -0.3 is 4.48 Å². The molecular weight excluding hydrogens is 184 g/mol. The third kappa shape index (κ3) is 1.94. The molecule has 2 aliphatic rings. The van der Waals surface area contributed by atoms with Gasteiger partial charge in [0.05, 0.1) is 19.1 Å². The third-order valence-corrected chi connectivity index (χ3v) is 4.66. The summed E-state index contributed by atoms with van der Waals surface area (Å²) < 4.78 is 1.40. The zero-order chi connectivity index (χ0) is 11.1. The first kappa shape index (κ1) is 11.4. The molecule has 88 valence electrons. The minimum Gasteiger partial charge on any atom is -0.308 e. The van der Waals surface area contributed by atoms with Gasteiger partial charge in [-0.25, -0.2) is 4.90 Å². The number of quaternary nitrogens is 1. The highest BCUT2D eigenvalue weighted by atomic mass is 15.5. The van der Waals surface area contributed by atoms with E-state index in [1.807, 2.05) is 0 Å². The summed E-state index contributed by atoms with van der Waals surface area (Å²) in [7, 11) is 0. The first-order valence-electron chi connectivity index (χ1n) is 6.65. The molecule has 0 aromatic rings. The van der Waals surface area contributed by atoms with Crippen molar-refractivity contribution >= 4 is 0 Å². The van der Waals surface area contributed by atoms with E-state index in [0.717, 1.165) is 18.0 Å². The number of nitrogens with zero attached hydrogens (tertiary/aromatic N) is 2. The smallest absolute Gasteiger partial charge is 0.135 e. The van der Waals surface area contributed by atoms with Gasteiger partial charge in [-0.2, -0.15) is 0 Å². The van der Waals surface area contributed by atoms with Gasteiger partial charge in [-0.15, -0.1) is 0 Å². The molecular formula is C13H27N2+. The Balaban J connectivity index is 2.06. The Morgan fingerprint density at radius 2 is 1.80 bits per heavy atom. The average molecular weight is 211 g/mol. The van der Waals surface area contributed by atoms with E-state index in [1.54, 1.807) is 0 Å². The van der Waals surface area contributed by atoms with Crippen molar-refractivity contribution in [3.05, 3.63) is 0 Å². The van der Waals surface area contributed by atoms with Gasteiger partial charge in [-0.3, -0.25) is 0 Å². The van der Waals surface area contributed by atoms with Crippen molar-refractivity contribution < 1.29 is 4.48 Å². The zero-order valence-electron chi connectivity index (χ0n) is 10.9. The lowest BCUT2D eigenvalue weighted by atomic mass is 10.1. The molecule has 0 N–H and O–H groups in total. The van der Waals surface area contributed by atoms with Crippen LogP contribution >= 0.6 is 0 Å². The maximum absolute atomic E-state index is 2.72. The minimum atomic E-state index is 0.783. The highest BCUT2D eigenvalue weighted by Gasteiger charge is 2.49. The molecule has 2 atom stereocenters. The van der Waals surface area contributed by atoms with Gasteiger partial charge >= 0.3 is 0 Å². The van der Waals surface area contributed by atoms with Crippen LogP contribution in [0.3, 0.4) is 0 Å². The van der Waals surface area contributed by atoms with Gasteiger partial charge in [0.15, 0.2) is 0 Å². The first-order valence-corrected chi connectivity index (χ1v) is 6.65. The van der Waals surface area contributed by atoms with Crippen LogP contribution < -0.4 is 0 Å². The molecule has 2 unspecified atom stereocenters. The molecule has 2 heteroatoms. The Kier molecular flexibility index (Phi) is 3.09. The van der Waals surface area contributed by atoms with Gasteiger partial charge in [-0.1, -0.05) is 13.8 Å². The van der Waals surface area contributed by atoms with Crippen LogP contribution in [0.1, 0.15) is 40.5 Å². The van der Waals surface area contributed by atoms with Crippen molar-refractivity contribution in [1.82, 2.24) is 4.90 Å². The van der Waals surface area contributed by atoms with Crippen LogP contribution in [0.2, 0.25) is 0 Å². The predicted octanol–water partition coefficient (Wildman–Crippen LogP) is 2.30. The van der Waals surface area contributed by atoms with Crippen molar-refractivity contribution in [3.63, 3.8) is 0 Å². The van der Waals surface area contributed by atoms with Crippen molar-refractivity contribution in [1.29, 1.82) is 0 Å². The summed E-state index contributed by atoms with van der Waals surface area (Å²) in [6.45, 7) is 15.0. The molecule has 2 fully saturated rings. The number of rotatable bonds is 2. The third-order valence-electron chi connectivity index (χ3n) is 4.66. The lowest BCUT2D eigenvalue weighted by Crippen LogP contribution is -2.49. The highest BCUT2D eigenvalue weighted by Crippen LogP contribution is 2.34. The van der Waals surface area contributed by atoms with Gasteiger partial charge in [0.25, 0.3) is 0 Å². The fraction of sp³-hybridized carbons (Fsp3) is 1.00. The van der Waals surface area contributed by atoms with E-state index in [9.17, 15) is 0 Å². The molecule has 2 heterocycles. The van der Waals surface area contributed by atoms with Gasteiger partial charge in [-0.05, 0) is 19.8 Å². The molecule has 15 heavy (non-hydrogen) atoms. The van der Waals surface area contributed by atoms with Crippen LogP contribution in [0.4, 0.5) is 0 Å². The normalized spacial score (nSPS) is 35.8. The second-order valence-corrected chi connectivity index (χ2v) is 6.16. The van der Waals surface area contributed by atoms with Crippen molar-refractivity contribution in [3.8, 4) is 0 Å². The first-order chi connectivity index (χ1) is 7.05. The van der Waals surface area contributed by atoms with Crippen LogP contribution in [-0.4, -0.2) is 47.8 Å². The summed E-state index contributed by atoms with van der Waals surface area (Å²) in [4.78, 5) is 2.72. The van der Waals surface area contributed by atoms with E-state index < -0.39 is 0 Å². The standard InChI is InChI=1S/C13H27N2/c1-11(2)9-14-10-15(7-5-6-8-15)13(4)12(14)3/h11-13H,5-10H2,1-4H3/q+1. The molecule has 0 aliphatic carbocycles. The summed E-state index contributed by atoms with van der Waals surface area (Å²) in [5.41, 5.74) is 0. The van der Waals surface area contributed by atoms with Crippen molar-refractivity contribution in [2.24, 2.45) is 5.92 Å². The van der Waals surface area contributed by atoms with Crippen LogP contribution in [0.5, 0.6) is 0 Å². The molecule has 0 amide bonds. The van der Waals surface area contributed by atoms with E-state index in [1.165, 1.54) is 43.6 Å². The maximum atomic E-state index is 2.72. The van der Waals surface area contributed by atoms with Crippen molar-refractivity contribution in [2.45, 2.75) is 52.6 Å². The van der Waals surface area contributed by atoms with Gasteiger partial charge in [0.2, 0.25) is 0 Å². The Morgan fingerprint density at radius 1 is 1.20 bits per heavy atom. The topological polar surface area (TPSA) is 3.24 Å². The largest absolute Gasteiger partial charge is 0.308 e. The molecule has 0 aromatic heterocycles. The van der Waals surface area contributed by atoms with E-state index in [0.29, 0.717) is 0 Å². The molecule has 0 saturated carbocycles. The van der Waals surface area contributed by atoms with Crippen LogP contribution in [-0.2, 0) is 0 Å². The molecule has 2 saturated heterocycles.